The predicted octanol–water partition coefficient (Wildman–Crippen LogP) is 3.04. The van der Waals surface area contributed by atoms with Crippen LogP contribution in [0.25, 0.3) is 22.0 Å². The first-order valence-electron chi connectivity index (χ1n) is 8.30. The fraction of sp³-hybridized carbons (Fsp3) is 0.278. The molecule has 1 aliphatic rings. The zero-order chi connectivity index (χ0) is 19.1. The van der Waals surface area contributed by atoms with Crippen molar-refractivity contribution in [3.63, 3.8) is 0 Å². The van der Waals surface area contributed by atoms with E-state index in [0.717, 1.165) is 16.5 Å². The van der Waals surface area contributed by atoms with Crippen molar-refractivity contribution in [1.82, 2.24) is 15.2 Å². The second-order valence-electron chi connectivity index (χ2n) is 6.35. The molecule has 0 spiro atoms. The largest absolute Gasteiger partial charge is 0.467 e. The van der Waals surface area contributed by atoms with Gasteiger partial charge in [-0.05, 0) is 17.7 Å². The Morgan fingerprint density at radius 1 is 1.41 bits per heavy atom. The molecule has 0 unspecified atom stereocenters. The lowest BCUT2D eigenvalue weighted by molar-refractivity contribution is -0.142. The van der Waals surface area contributed by atoms with Gasteiger partial charge >= 0.3 is 5.97 Å². The van der Waals surface area contributed by atoms with Gasteiger partial charge in [0.2, 0.25) is 0 Å². The van der Waals surface area contributed by atoms with Gasteiger partial charge in [0.05, 0.1) is 35.0 Å². The highest BCUT2D eigenvalue weighted by molar-refractivity contribution is 6.45. The summed E-state index contributed by atoms with van der Waals surface area (Å²) in [6.45, 7) is 0.265. The van der Waals surface area contributed by atoms with Gasteiger partial charge in [0, 0.05) is 30.1 Å². The summed E-state index contributed by atoms with van der Waals surface area (Å²) in [5.74, 6) is 0.0883. The third kappa shape index (κ3) is 3.12. The van der Waals surface area contributed by atoms with Crippen LogP contribution in [0.2, 0.25) is 10.0 Å². The van der Waals surface area contributed by atoms with Gasteiger partial charge in [-0.1, -0.05) is 29.3 Å². The highest BCUT2D eigenvalue weighted by Crippen LogP contribution is 2.38. The molecule has 4 rings (SSSR count). The number of aromatic nitrogens is 3. The molecule has 0 radical (unpaired) electrons. The molecule has 0 amide bonds. The number of pyridine rings is 1. The highest BCUT2D eigenvalue weighted by atomic mass is 35.5. The summed E-state index contributed by atoms with van der Waals surface area (Å²) in [6, 6.07) is 4.80. The molecule has 1 aromatic carbocycles. The van der Waals surface area contributed by atoms with Crippen molar-refractivity contribution in [1.29, 1.82) is 0 Å². The zero-order valence-corrected chi connectivity index (χ0v) is 15.8. The molecule has 3 heterocycles. The summed E-state index contributed by atoms with van der Waals surface area (Å²) in [4.78, 5) is 18.6. The minimum Gasteiger partial charge on any atom is -0.467 e. The number of nitrogens with zero attached hydrogens (tertiary/aromatic N) is 3. The normalized spacial score (nSPS) is 19.6. The average molecular weight is 407 g/mol. The molecule has 3 aromatic rings. The van der Waals surface area contributed by atoms with Crippen LogP contribution < -0.4 is 4.90 Å². The number of rotatable bonds is 3. The Morgan fingerprint density at radius 2 is 2.22 bits per heavy atom. The molecule has 140 valence electrons. The van der Waals surface area contributed by atoms with Crippen LogP contribution in [0.1, 0.15) is 6.42 Å². The van der Waals surface area contributed by atoms with E-state index in [2.05, 4.69) is 15.2 Å². The molecule has 2 aromatic heterocycles. The number of hydrogen-bond donors (Lipinski definition) is 2. The van der Waals surface area contributed by atoms with Crippen LogP contribution in [0, 0.1) is 0 Å². The second-order valence-corrected chi connectivity index (χ2v) is 7.14. The average Bonchev–Trinajstić information content (AvgIpc) is 3.33. The molecule has 1 aliphatic heterocycles. The summed E-state index contributed by atoms with van der Waals surface area (Å²) >= 11 is 12.6. The topological polar surface area (TPSA) is 91.3 Å². The Labute approximate surface area is 164 Å². The third-order valence-corrected chi connectivity index (χ3v) is 5.51. The molecule has 7 nitrogen and oxygen atoms in total. The van der Waals surface area contributed by atoms with E-state index >= 15 is 0 Å². The van der Waals surface area contributed by atoms with Gasteiger partial charge < -0.3 is 14.7 Å². The number of carbonyl (C=O) groups excluding carboxylic acids is 1. The van der Waals surface area contributed by atoms with Crippen LogP contribution in [-0.4, -0.2) is 52.1 Å². The van der Waals surface area contributed by atoms with E-state index in [9.17, 15) is 9.90 Å². The van der Waals surface area contributed by atoms with Gasteiger partial charge in [-0.15, -0.1) is 0 Å². The van der Waals surface area contributed by atoms with E-state index in [1.165, 1.54) is 7.11 Å². The summed E-state index contributed by atoms with van der Waals surface area (Å²) in [5.41, 5.74) is 2.20. The van der Waals surface area contributed by atoms with E-state index in [0.29, 0.717) is 21.4 Å². The lowest BCUT2D eigenvalue weighted by Crippen LogP contribution is -2.37. The first-order valence-corrected chi connectivity index (χ1v) is 9.05. The van der Waals surface area contributed by atoms with E-state index in [4.69, 9.17) is 27.9 Å². The van der Waals surface area contributed by atoms with Crippen LogP contribution in [-0.2, 0) is 9.53 Å². The number of benzene rings is 1. The Morgan fingerprint density at radius 3 is 2.93 bits per heavy atom. The van der Waals surface area contributed by atoms with Crippen molar-refractivity contribution < 1.29 is 14.6 Å². The van der Waals surface area contributed by atoms with E-state index in [-0.39, 0.29) is 13.0 Å². The number of H-pyrrole nitrogens is 1. The molecule has 1 fully saturated rings. The number of anilines is 1. The molecule has 0 aliphatic carbocycles. The van der Waals surface area contributed by atoms with Crippen molar-refractivity contribution >= 4 is 45.9 Å². The lowest BCUT2D eigenvalue weighted by Gasteiger charge is -2.24. The molecule has 2 atom stereocenters. The SMILES string of the molecule is COC(=O)[C@@H]1C[C@H](O)CN1c1cc(-c2cn[nH]c2)c2ccc(Cl)c(Cl)c2n1. The second kappa shape index (κ2) is 6.99. The number of nitrogens with one attached hydrogen (secondary N) is 1. The van der Waals surface area contributed by atoms with Crippen molar-refractivity contribution in [2.75, 3.05) is 18.6 Å². The Balaban J connectivity index is 1.93. The van der Waals surface area contributed by atoms with Crippen molar-refractivity contribution in [2.24, 2.45) is 0 Å². The number of methoxy groups -OCH3 is 1. The van der Waals surface area contributed by atoms with Gasteiger partial charge in [0.1, 0.15) is 11.9 Å². The first-order chi connectivity index (χ1) is 13.0. The van der Waals surface area contributed by atoms with Crippen LogP contribution in [0.4, 0.5) is 5.82 Å². The number of fused-ring (bicyclic) bond motifs is 1. The summed E-state index contributed by atoms with van der Waals surface area (Å²) in [6.07, 6.45) is 3.07. The molecule has 1 saturated heterocycles. The van der Waals surface area contributed by atoms with Gasteiger partial charge in [-0.2, -0.15) is 5.10 Å². The standard InChI is InChI=1S/C18H16Cl2N4O3/c1-27-18(26)14-4-10(25)8-24(14)15-5-12(9-6-21-22-7-9)11-2-3-13(19)16(20)17(11)23-15/h2-3,5-7,10,14,25H,4,8H2,1H3,(H,21,22)/t10-,14-/m0/s1. The minimum atomic E-state index is -0.654. The molecule has 27 heavy (non-hydrogen) atoms. The number of ether oxygens (including phenoxy) is 1. The smallest absolute Gasteiger partial charge is 0.328 e. The monoisotopic (exact) mass is 406 g/mol. The number of halogens is 2. The summed E-state index contributed by atoms with van der Waals surface area (Å²) in [5, 5.41) is 18.4. The quantitative estimate of drug-likeness (QED) is 0.649. The van der Waals surface area contributed by atoms with Crippen molar-refractivity contribution in [3.8, 4) is 11.1 Å². The number of aliphatic hydroxyl groups excluding tert-OH is 1. The van der Waals surface area contributed by atoms with E-state index < -0.39 is 18.1 Å². The number of aliphatic hydroxyl groups is 1. The fourth-order valence-electron chi connectivity index (χ4n) is 3.43. The molecule has 2 N–H and O–H groups in total. The molecular weight excluding hydrogens is 391 g/mol. The van der Waals surface area contributed by atoms with Crippen molar-refractivity contribution in [3.05, 3.63) is 40.6 Å². The maximum absolute atomic E-state index is 12.2. The third-order valence-electron chi connectivity index (χ3n) is 4.71. The van der Waals surface area contributed by atoms with Gasteiger partial charge in [-0.3, -0.25) is 5.10 Å². The summed E-state index contributed by atoms with van der Waals surface area (Å²) in [7, 11) is 1.33. The Bertz CT molecular complexity index is 1010. The zero-order valence-electron chi connectivity index (χ0n) is 14.3. The Hall–Kier alpha value is -2.35. The maximum Gasteiger partial charge on any atom is 0.328 e. The molecular formula is C18H16Cl2N4O3. The Kier molecular flexibility index (Phi) is 4.67. The summed E-state index contributed by atoms with van der Waals surface area (Å²) < 4.78 is 4.89. The van der Waals surface area contributed by atoms with Gasteiger partial charge in [-0.25, -0.2) is 9.78 Å². The van der Waals surface area contributed by atoms with Crippen LogP contribution in [0.3, 0.4) is 0 Å². The molecule has 9 heteroatoms. The lowest BCUT2D eigenvalue weighted by atomic mass is 10.0. The number of carbonyl (C=O) groups is 1. The van der Waals surface area contributed by atoms with Crippen molar-refractivity contribution in [2.45, 2.75) is 18.6 Å². The van der Waals surface area contributed by atoms with Crippen LogP contribution in [0.5, 0.6) is 0 Å². The number of aromatic amines is 1. The van der Waals surface area contributed by atoms with E-state index in [1.54, 1.807) is 23.4 Å². The minimum absolute atomic E-state index is 0.265. The fourth-order valence-corrected chi connectivity index (χ4v) is 3.79. The number of hydrogen-bond acceptors (Lipinski definition) is 6. The molecule has 0 saturated carbocycles. The predicted molar refractivity (Wildman–Crippen MR) is 103 cm³/mol. The first kappa shape index (κ1) is 18.0. The maximum atomic E-state index is 12.2. The number of esters is 1. The highest BCUT2D eigenvalue weighted by Gasteiger charge is 2.38. The van der Waals surface area contributed by atoms with Gasteiger partial charge in [0.15, 0.2) is 0 Å². The van der Waals surface area contributed by atoms with E-state index in [1.807, 2.05) is 12.1 Å². The van der Waals surface area contributed by atoms with Gasteiger partial charge in [0.25, 0.3) is 0 Å². The number of β-amino-alcohol motifs (C(OH)–C–C–N with tert-alkyl or cyclic N) is 1. The molecule has 0 bridgehead atoms. The van der Waals surface area contributed by atoms with Crippen LogP contribution in [0.15, 0.2) is 30.6 Å². The van der Waals surface area contributed by atoms with Crippen LogP contribution >= 0.6 is 23.2 Å².